The quantitative estimate of drug-likeness (QED) is 0.296. The maximum atomic E-state index is 13.8. The summed E-state index contributed by atoms with van der Waals surface area (Å²) in [5, 5.41) is 0.669. The van der Waals surface area contributed by atoms with E-state index in [1.54, 1.807) is 36.4 Å². The van der Waals surface area contributed by atoms with Crippen molar-refractivity contribution < 1.29 is 23.0 Å². The Morgan fingerprint density at radius 3 is 2.43 bits per heavy atom. The van der Waals surface area contributed by atoms with Gasteiger partial charge in [-0.3, -0.25) is 4.79 Å². The Hall–Kier alpha value is -2.89. The summed E-state index contributed by atoms with van der Waals surface area (Å²) < 4.78 is 37.6. The highest BCUT2D eigenvalue weighted by Gasteiger charge is 2.09. The predicted molar refractivity (Wildman–Crippen MR) is 114 cm³/mol. The van der Waals surface area contributed by atoms with Gasteiger partial charge in [0.05, 0.1) is 17.2 Å². The third-order valence-electron chi connectivity index (χ3n) is 4.21. The van der Waals surface area contributed by atoms with Gasteiger partial charge in [-0.15, -0.1) is 0 Å². The molecule has 3 aromatic carbocycles. The van der Waals surface area contributed by atoms with E-state index < -0.39 is 11.6 Å². The molecule has 0 aliphatic rings. The van der Waals surface area contributed by atoms with Gasteiger partial charge < -0.3 is 9.47 Å². The summed E-state index contributed by atoms with van der Waals surface area (Å²) >= 11 is 11.8. The van der Waals surface area contributed by atoms with Crippen LogP contribution in [0.2, 0.25) is 10.0 Å². The number of allylic oxidation sites excluding steroid dienone is 1. The second-order valence-electron chi connectivity index (χ2n) is 6.26. The highest BCUT2D eigenvalue weighted by molar-refractivity contribution is 6.42. The summed E-state index contributed by atoms with van der Waals surface area (Å²) in [6.45, 7) is -0.00581. The van der Waals surface area contributed by atoms with Gasteiger partial charge in [0.25, 0.3) is 0 Å². The van der Waals surface area contributed by atoms with Crippen molar-refractivity contribution in [1.82, 2.24) is 0 Å². The average Bonchev–Trinajstić information content (AvgIpc) is 2.73. The van der Waals surface area contributed by atoms with Gasteiger partial charge in [-0.25, -0.2) is 8.78 Å². The normalized spacial score (nSPS) is 11.0. The Morgan fingerprint density at radius 1 is 0.967 bits per heavy atom. The smallest absolute Gasteiger partial charge is 0.185 e. The molecule has 7 heteroatoms. The minimum absolute atomic E-state index is 0.00581. The monoisotopic (exact) mass is 448 g/mol. The van der Waals surface area contributed by atoms with Gasteiger partial charge in [-0.2, -0.15) is 0 Å². The van der Waals surface area contributed by atoms with E-state index in [-0.39, 0.29) is 18.1 Å². The molecule has 3 rings (SSSR count). The first-order valence-electron chi connectivity index (χ1n) is 8.79. The van der Waals surface area contributed by atoms with Crippen molar-refractivity contribution in [3.05, 3.63) is 99.0 Å². The molecule has 0 N–H and O–H groups in total. The number of ether oxygens (including phenoxy) is 2. The van der Waals surface area contributed by atoms with Crippen molar-refractivity contribution in [3.63, 3.8) is 0 Å². The molecule has 3 nitrogen and oxygen atoms in total. The third kappa shape index (κ3) is 5.38. The van der Waals surface area contributed by atoms with Crippen molar-refractivity contribution in [1.29, 1.82) is 0 Å². The lowest BCUT2D eigenvalue weighted by Gasteiger charge is -2.12. The second-order valence-corrected chi connectivity index (χ2v) is 7.08. The summed E-state index contributed by atoms with van der Waals surface area (Å²) in [4.78, 5) is 12.4. The lowest BCUT2D eigenvalue weighted by molar-refractivity contribution is 0.104. The van der Waals surface area contributed by atoms with E-state index in [2.05, 4.69) is 0 Å². The molecule has 0 aliphatic heterocycles. The molecule has 0 radical (unpaired) electrons. The lowest BCUT2D eigenvalue weighted by atomic mass is 10.1. The van der Waals surface area contributed by atoms with Crippen LogP contribution in [0.4, 0.5) is 8.78 Å². The lowest BCUT2D eigenvalue weighted by Crippen LogP contribution is -2.01. The van der Waals surface area contributed by atoms with E-state index in [1.807, 2.05) is 0 Å². The van der Waals surface area contributed by atoms with E-state index in [1.165, 1.54) is 25.3 Å². The number of methoxy groups -OCH3 is 1. The van der Waals surface area contributed by atoms with Crippen LogP contribution in [0.25, 0.3) is 6.08 Å². The highest BCUT2D eigenvalue weighted by atomic mass is 35.5. The molecule has 30 heavy (non-hydrogen) atoms. The SMILES string of the molecule is COc1ccc(/C=C/C(=O)c2ccc(Cl)c(Cl)c2)cc1COc1ccc(F)cc1F. The number of halogens is 4. The fourth-order valence-electron chi connectivity index (χ4n) is 2.68. The van der Waals surface area contributed by atoms with Crippen molar-refractivity contribution in [3.8, 4) is 11.5 Å². The van der Waals surface area contributed by atoms with Crippen molar-refractivity contribution in [2.45, 2.75) is 6.61 Å². The summed E-state index contributed by atoms with van der Waals surface area (Å²) in [6.07, 6.45) is 3.04. The van der Waals surface area contributed by atoms with Crippen molar-refractivity contribution in [2.24, 2.45) is 0 Å². The minimum Gasteiger partial charge on any atom is -0.496 e. The number of rotatable bonds is 7. The number of carbonyl (C=O) groups excluding carboxylic acids is 1. The van der Waals surface area contributed by atoms with Gasteiger partial charge in [0.2, 0.25) is 0 Å². The third-order valence-corrected chi connectivity index (χ3v) is 4.95. The van der Waals surface area contributed by atoms with E-state index in [0.29, 0.717) is 32.5 Å². The molecule has 0 fully saturated rings. The molecule has 0 bridgehead atoms. The molecule has 0 aliphatic carbocycles. The fourth-order valence-corrected chi connectivity index (χ4v) is 2.98. The first kappa shape index (κ1) is 21.8. The van der Waals surface area contributed by atoms with Crippen LogP contribution in [0.3, 0.4) is 0 Å². The molecule has 0 unspecified atom stereocenters. The van der Waals surface area contributed by atoms with E-state index in [4.69, 9.17) is 32.7 Å². The zero-order valence-electron chi connectivity index (χ0n) is 15.8. The molecule has 0 amide bonds. The molecule has 3 aromatic rings. The molecule has 0 saturated heterocycles. The van der Waals surface area contributed by atoms with Crippen LogP contribution in [0.1, 0.15) is 21.5 Å². The maximum absolute atomic E-state index is 13.8. The Kier molecular flexibility index (Phi) is 7.08. The molecule has 0 spiro atoms. The second kappa shape index (κ2) is 9.74. The van der Waals surface area contributed by atoms with Gasteiger partial charge in [-0.05, 0) is 54.1 Å². The topological polar surface area (TPSA) is 35.5 Å². The molecule has 0 heterocycles. The van der Waals surface area contributed by atoms with Crippen LogP contribution in [0.5, 0.6) is 11.5 Å². The van der Waals surface area contributed by atoms with Gasteiger partial charge in [-0.1, -0.05) is 35.3 Å². The summed E-state index contributed by atoms with van der Waals surface area (Å²) in [7, 11) is 1.50. The van der Waals surface area contributed by atoms with Crippen molar-refractivity contribution >= 4 is 35.1 Å². The average molecular weight is 449 g/mol. The molecular formula is C23H16Cl2F2O3. The van der Waals surface area contributed by atoms with E-state index in [0.717, 1.165) is 12.1 Å². The predicted octanol–water partition coefficient (Wildman–Crippen LogP) is 6.76. The highest BCUT2D eigenvalue weighted by Crippen LogP contribution is 2.25. The molecule has 0 atom stereocenters. The van der Waals surface area contributed by atoms with Gasteiger partial charge in [0.15, 0.2) is 17.3 Å². The summed E-state index contributed by atoms with van der Waals surface area (Å²) in [5.74, 6) is -1.26. The van der Waals surface area contributed by atoms with Crippen LogP contribution >= 0.6 is 23.2 Å². The zero-order chi connectivity index (χ0) is 21.7. The number of hydrogen-bond donors (Lipinski definition) is 0. The minimum atomic E-state index is -0.794. The van der Waals surface area contributed by atoms with Gasteiger partial charge in [0, 0.05) is 17.2 Å². The number of ketones is 1. The molecule has 154 valence electrons. The summed E-state index contributed by atoms with van der Waals surface area (Å²) in [6, 6.07) is 13.0. The van der Waals surface area contributed by atoms with Crippen LogP contribution in [0.15, 0.2) is 60.7 Å². The van der Waals surface area contributed by atoms with E-state index >= 15 is 0 Å². The van der Waals surface area contributed by atoms with Crippen LogP contribution < -0.4 is 9.47 Å². The molecule has 0 aromatic heterocycles. The Labute approximate surface area is 182 Å². The Morgan fingerprint density at radius 2 is 1.73 bits per heavy atom. The molecule has 0 saturated carbocycles. The van der Waals surface area contributed by atoms with E-state index in [9.17, 15) is 13.6 Å². The first-order chi connectivity index (χ1) is 14.4. The molecular weight excluding hydrogens is 433 g/mol. The Balaban J connectivity index is 1.77. The summed E-state index contributed by atoms with van der Waals surface area (Å²) in [5.41, 5.74) is 1.75. The number of hydrogen-bond acceptors (Lipinski definition) is 3. The number of carbonyl (C=O) groups is 1. The largest absolute Gasteiger partial charge is 0.496 e. The van der Waals surface area contributed by atoms with Crippen LogP contribution in [-0.2, 0) is 6.61 Å². The zero-order valence-corrected chi connectivity index (χ0v) is 17.3. The van der Waals surface area contributed by atoms with Crippen molar-refractivity contribution in [2.75, 3.05) is 7.11 Å². The first-order valence-corrected chi connectivity index (χ1v) is 9.55. The van der Waals surface area contributed by atoms with Gasteiger partial charge in [0.1, 0.15) is 18.2 Å². The van der Waals surface area contributed by atoms with Crippen LogP contribution in [-0.4, -0.2) is 12.9 Å². The fraction of sp³-hybridized carbons (Fsp3) is 0.0870. The number of benzene rings is 3. The van der Waals surface area contributed by atoms with Crippen LogP contribution in [0, 0.1) is 11.6 Å². The van der Waals surface area contributed by atoms with Gasteiger partial charge >= 0.3 is 0 Å². The standard InChI is InChI=1S/C23H16Cl2F2O3/c1-29-22-8-3-14(2-7-21(28)15-4-6-18(24)19(25)11-15)10-16(22)13-30-23-9-5-17(26)12-20(23)27/h2-12H,13H2,1H3/b7-2+. The Bertz CT molecular complexity index is 1110. The maximum Gasteiger partial charge on any atom is 0.185 e.